The molecule has 16 heavy (non-hydrogen) atoms. The highest BCUT2D eigenvalue weighted by Gasteiger charge is 2.15. The molecule has 0 spiro atoms. The minimum absolute atomic E-state index is 0.777. The van der Waals surface area contributed by atoms with Crippen LogP contribution in [0.5, 0.6) is 0 Å². The minimum atomic E-state index is 0.777. The Kier molecular flexibility index (Phi) is 5.49. The molecule has 0 aromatic heterocycles. The lowest BCUT2D eigenvalue weighted by Crippen LogP contribution is -2.46. The van der Waals surface area contributed by atoms with Gasteiger partial charge >= 0.3 is 0 Å². The Morgan fingerprint density at radius 3 is 2.19 bits per heavy atom. The summed E-state index contributed by atoms with van der Waals surface area (Å²) in [4.78, 5) is 17.6. The van der Waals surface area contributed by atoms with Gasteiger partial charge in [0.1, 0.15) is 6.29 Å². The van der Waals surface area contributed by atoms with Crippen molar-refractivity contribution in [3.63, 3.8) is 0 Å². The Morgan fingerprint density at radius 1 is 1.19 bits per heavy atom. The summed E-state index contributed by atoms with van der Waals surface area (Å²) in [5, 5.41) is 0. The summed E-state index contributed by atoms with van der Waals surface area (Å²) < 4.78 is 0. The highest BCUT2D eigenvalue weighted by molar-refractivity contribution is 5.73. The smallest absolute Gasteiger partial charge is 0.148 e. The Morgan fingerprint density at radius 2 is 1.75 bits per heavy atom. The van der Waals surface area contributed by atoms with Crippen LogP contribution in [0.4, 0.5) is 0 Å². The molecule has 92 valence electrons. The third kappa shape index (κ3) is 4.33. The van der Waals surface area contributed by atoms with Crippen LogP contribution >= 0.6 is 0 Å². The van der Waals surface area contributed by atoms with Gasteiger partial charge in [-0.25, -0.2) is 0 Å². The van der Waals surface area contributed by atoms with Crippen LogP contribution in [0.1, 0.15) is 6.92 Å². The Bertz CT molecular complexity index is 243. The highest BCUT2D eigenvalue weighted by atomic mass is 16.1. The van der Waals surface area contributed by atoms with Gasteiger partial charge < -0.3 is 9.80 Å². The Balaban J connectivity index is 2.40. The van der Waals surface area contributed by atoms with Crippen molar-refractivity contribution in [3.05, 3.63) is 11.8 Å². The highest BCUT2D eigenvalue weighted by Crippen LogP contribution is 2.04. The van der Waals surface area contributed by atoms with Crippen molar-refractivity contribution in [2.75, 3.05) is 53.4 Å². The molecule has 0 saturated carbocycles. The number of hydrogen-bond acceptors (Lipinski definition) is 4. The van der Waals surface area contributed by atoms with Crippen molar-refractivity contribution in [2.24, 2.45) is 0 Å². The molecule has 4 heteroatoms. The van der Waals surface area contributed by atoms with E-state index in [-0.39, 0.29) is 0 Å². The van der Waals surface area contributed by atoms with Crippen LogP contribution in [-0.2, 0) is 4.79 Å². The summed E-state index contributed by atoms with van der Waals surface area (Å²) in [6.07, 6.45) is 2.87. The average Bonchev–Trinajstić information content (AvgIpc) is 2.28. The number of carbonyl (C=O) groups is 1. The molecule has 1 aliphatic rings. The monoisotopic (exact) mass is 225 g/mol. The number of piperazine rings is 1. The second-order valence-electron chi connectivity index (χ2n) is 4.50. The van der Waals surface area contributed by atoms with E-state index in [0.717, 1.165) is 51.1 Å². The molecule has 1 aliphatic heterocycles. The summed E-state index contributed by atoms with van der Waals surface area (Å²) in [5.41, 5.74) is 0.856. The molecule has 0 atom stereocenters. The summed E-state index contributed by atoms with van der Waals surface area (Å²) in [6, 6.07) is 0. The van der Waals surface area contributed by atoms with Crippen LogP contribution in [0.2, 0.25) is 0 Å². The first kappa shape index (κ1) is 13.2. The van der Waals surface area contributed by atoms with E-state index in [2.05, 4.69) is 16.7 Å². The van der Waals surface area contributed by atoms with Crippen molar-refractivity contribution in [1.82, 2.24) is 14.7 Å². The summed E-state index contributed by atoms with van der Waals surface area (Å²) >= 11 is 0. The predicted octanol–water partition coefficient (Wildman–Crippen LogP) is 0.268. The van der Waals surface area contributed by atoms with Gasteiger partial charge in [-0.1, -0.05) is 6.92 Å². The summed E-state index contributed by atoms with van der Waals surface area (Å²) in [7, 11) is 3.89. The first-order valence-corrected chi connectivity index (χ1v) is 5.92. The first-order valence-electron chi connectivity index (χ1n) is 5.92. The largest absolute Gasteiger partial charge is 0.383 e. The standard InChI is InChI=1S/C12H23N3O/c1-4-14-5-7-15(8-6-14)10-12(11-16)9-13(2)3/h9,11H,4-8,10H2,1-3H3/b12-9+. The summed E-state index contributed by atoms with van der Waals surface area (Å²) in [5.74, 6) is 0. The van der Waals surface area contributed by atoms with E-state index in [0.29, 0.717) is 0 Å². The number of likely N-dealkylation sites (N-methyl/N-ethyl adjacent to an activating group) is 1. The molecule has 0 bridgehead atoms. The van der Waals surface area contributed by atoms with Crippen molar-refractivity contribution in [2.45, 2.75) is 6.92 Å². The van der Waals surface area contributed by atoms with E-state index in [9.17, 15) is 4.79 Å². The van der Waals surface area contributed by atoms with Gasteiger partial charge in [0.15, 0.2) is 0 Å². The topological polar surface area (TPSA) is 26.8 Å². The molecule has 0 aromatic carbocycles. The first-order chi connectivity index (χ1) is 7.65. The van der Waals surface area contributed by atoms with Crippen molar-refractivity contribution in [3.8, 4) is 0 Å². The van der Waals surface area contributed by atoms with Gasteiger partial charge in [-0.3, -0.25) is 9.69 Å². The zero-order chi connectivity index (χ0) is 12.0. The fraction of sp³-hybridized carbons (Fsp3) is 0.750. The molecule has 0 unspecified atom stereocenters. The number of nitrogens with zero attached hydrogens (tertiary/aromatic N) is 3. The van der Waals surface area contributed by atoms with E-state index in [4.69, 9.17) is 0 Å². The zero-order valence-electron chi connectivity index (χ0n) is 10.6. The number of carbonyl (C=O) groups excluding carboxylic acids is 1. The Hall–Kier alpha value is -0.870. The SMILES string of the molecule is CCN1CCN(C/C(C=O)=C\N(C)C)CC1. The second kappa shape index (κ2) is 6.66. The van der Waals surface area contributed by atoms with Gasteiger partial charge in [0.05, 0.1) is 0 Å². The van der Waals surface area contributed by atoms with E-state index < -0.39 is 0 Å². The lowest BCUT2D eigenvalue weighted by molar-refractivity contribution is -0.105. The molecule has 1 fully saturated rings. The molecular weight excluding hydrogens is 202 g/mol. The zero-order valence-corrected chi connectivity index (χ0v) is 10.6. The molecule has 1 saturated heterocycles. The van der Waals surface area contributed by atoms with Crippen LogP contribution in [0.25, 0.3) is 0 Å². The van der Waals surface area contributed by atoms with E-state index >= 15 is 0 Å². The lowest BCUT2D eigenvalue weighted by atomic mass is 10.2. The van der Waals surface area contributed by atoms with Crippen LogP contribution < -0.4 is 0 Å². The van der Waals surface area contributed by atoms with E-state index in [1.165, 1.54) is 0 Å². The number of aldehydes is 1. The van der Waals surface area contributed by atoms with Gasteiger partial charge in [0.2, 0.25) is 0 Å². The molecule has 1 heterocycles. The average molecular weight is 225 g/mol. The molecule has 4 nitrogen and oxygen atoms in total. The molecule has 0 radical (unpaired) electrons. The summed E-state index contributed by atoms with van der Waals surface area (Å²) in [6.45, 7) is 8.45. The van der Waals surface area contributed by atoms with Crippen LogP contribution in [-0.4, -0.2) is 74.3 Å². The van der Waals surface area contributed by atoms with Gasteiger partial charge in [0.25, 0.3) is 0 Å². The van der Waals surface area contributed by atoms with E-state index in [1.54, 1.807) is 0 Å². The van der Waals surface area contributed by atoms with Crippen LogP contribution in [0, 0.1) is 0 Å². The van der Waals surface area contributed by atoms with E-state index in [1.807, 2.05) is 25.2 Å². The van der Waals surface area contributed by atoms with Crippen molar-refractivity contribution < 1.29 is 4.79 Å². The minimum Gasteiger partial charge on any atom is -0.383 e. The van der Waals surface area contributed by atoms with Crippen LogP contribution in [0.15, 0.2) is 11.8 Å². The van der Waals surface area contributed by atoms with Gasteiger partial charge in [-0.05, 0) is 6.54 Å². The van der Waals surface area contributed by atoms with Gasteiger partial charge in [0, 0.05) is 58.6 Å². The van der Waals surface area contributed by atoms with Gasteiger partial charge in [-0.2, -0.15) is 0 Å². The molecule has 0 N–H and O–H groups in total. The van der Waals surface area contributed by atoms with Crippen LogP contribution in [0.3, 0.4) is 0 Å². The molecule has 0 aliphatic carbocycles. The number of hydrogen-bond donors (Lipinski definition) is 0. The number of rotatable bonds is 5. The quantitative estimate of drug-likeness (QED) is 0.496. The maximum Gasteiger partial charge on any atom is 0.148 e. The molecule has 1 rings (SSSR count). The lowest BCUT2D eigenvalue weighted by Gasteiger charge is -2.34. The van der Waals surface area contributed by atoms with Crippen molar-refractivity contribution >= 4 is 6.29 Å². The third-order valence-corrected chi connectivity index (χ3v) is 2.89. The molecule has 0 aromatic rings. The second-order valence-corrected chi connectivity index (χ2v) is 4.50. The fourth-order valence-electron chi connectivity index (χ4n) is 1.96. The molecule has 0 amide bonds. The Labute approximate surface area is 98.5 Å². The fourth-order valence-corrected chi connectivity index (χ4v) is 1.96. The molecular formula is C12H23N3O. The van der Waals surface area contributed by atoms with Gasteiger partial charge in [-0.15, -0.1) is 0 Å². The predicted molar refractivity (Wildman–Crippen MR) is 66.4 cm³/mol. The maximum absolute atomic E-state index is 10.9. The normalized spacial score (nSPS) is 19.8. The third-order valence-electron chi connectivity index (χ3n) is 2.89. The maximum atomic E-state index is 10.9. The van der Waals surface area contributed by atoms with Crippen molar-refractivity contribution in [1.29, 1.82) is 0 Å².